The molecule has 1 aliphatic rings. The molecule has 156 valence electrons. The minimum Gasteiger partial charge on any atom is -0.350 e. The molecule has 2 rings (SSSR count). The van der Waals surface area contributed by atoms with Crippen LogP contribution in [0.5, 0.6) is 0 Å². The quantitative estimate of drug-likeness (QED) is 0.581. The van der Waals surface area contributed by atoms with Crippen molar-refractivity contribution >= 4 is 23.6 Å². The van der Waals surface area contributed by atoms with Crippen LogP contribution in [-0.2, 0) is 4.79 Å². The molecule has 2 amide bonds. The van der Waals surface area contributed by atoms with Crippen molar-refractivity contribution in [2.75, 3.05) is 12.8 Å². The molecule has 0 radical (unpaired) electrons. The first-order chi connectivity index (χ1) is 13.4. The molecular formula is C23H36N2O2S. The van der Waals surface area contributed by atoms with Gasteiger partial charge in [-0.3, -0.25) is 9.59 Å². The number of carbonyl (C=O) groups is 2. The van der Waals surface area contributed by atoms with Crippen LogP contribution in [0.4, 0.5) is 0 Å². The summed E-state index contributed by atoms with van der Waals surface area (Å²) in [6.07, 6.45) is 8.01. The summed E-state index contributed by atoms with van der Waals surface area (Å²) < 4.78 is 0. The first-order valence-corrected chi connectivity index (χ1v) is 11.7. The lowest BCUT2D eigenvalue weighted by molar-refractivity contribution is -0.129. The summed E-state index contributed by atoms with van der Waals surface area (Å²) in [6, 6.07) is 8.12. The number of rotatable bonds is 9. The molecule has 0 aliphatic heterocycles. The standard InChI is InChI=1S/C23H36N2O2S/c1-17(2)14-15-18(3)24-23(27)20-12-8-9-13-21(20)28-16-22(26)25(4)19-10-6-5-7-11-19/h8-9,12-13,17-19H,5-7,10-11,14-16H2,1-4H3,(H,24,27). The second-order valence-electron chi connectivity index (χ2n) is 8.43. The molecule has 1 atom stereocenters. The highest BCUT2D eigenvalue weighted by Crippen LogP contribution is 2.26. The number of hydrogen-bond donors (Lipinski definition) is 1. The Kier molecular flexibility index (Phi) is 9.36. The van der Waals surface area contributed by atoms with Gasteiger partial charge in [0.25, 0.3) is 5.91 Å². The van der Waals surface area contributed by atoms with Gasteiger partial charge in [-0.25, -0.2) is 0 Å². The van der Waals surface area contributed by atoms with Gasteiger partial charge in [0.05, 0.1) is 11.3 Å². The lowest BCUT2D eigenvalue weighted by Crippen LogP contribution is -2.39. The van der Waals surface area contributed by atoms with Crippen LogP contribution in [0.2, 0.25) is 0 Å². The Hall–Kier alpha value is -1.49. The van der Waals surface area contributed by atoms with E-state index >= 15 is 0 Å². The van der Waals surface area contributed by atoms with Gasteiger partial charge in [-0.15, -0.1) is 11.8 Å². The van der Waals surface area contributed by atoms with E-state index in [1.165, 1.54) is 31.0 Å². The van der Waals surface area contributed by atoms with E-state index in [4.69, 9.17) is 0 Å². The molecule has 1 aliphatic carbocycles. The Morgan fingerprint density at radius 3 is 2.46 bits per heavy atom. The van der Waals surface area contributed by atoms with Crippen molar-refractivity contribution in [3.8, 4) is 0 Å². The zero-order valence-corrected chi connectivity index (χ0v) is 18.7. The maximum atomic E-state index is 12.7. The summed E-state index contributed by atoms with van der Waals surface area (Å²) in [4.78, 5) is 28.2. The van der Waals surface area contributed by atoms with Crippen LogP contribution in [0.1, 0.15) is 76.1 Å². The fourth-order valence-corrected chi connectivity index (χ4v) is 4.62. The number of thioether (sulfide) groups is 1. The van der Waals surface area contributed by atoms with Crippen LogP contribution in [-0.4, -0.2) is 41.6 Å². The predicted octanol–water partition coefficient (Wildman–Crippen LogP) is 5.12. The summed E-state index contributed by atoms with van der Waals surface area (Å²) in [6.45, 7) is 6.45. The van der Waals surface area contributed by atoms with E-state index in [9.17, 15) is 9.59 Å². The van der Waals surface area contributed by atoms with E-state index in [0.717, 1.165) is 30.6 Å². The fraction of sp³-hybridized carbons (Fsp3) is 0.652. The highest BCUT2D eigenvalue weighted by molar-refractivity contribution is 8.00. The van der Waals surface area contributed by atoms with Crippen LogP contribution >= 0.6 is 11.8 Å². The van der Waals surface area contributed by atoms with Crippen LogP contribution < -0.4 is 5.32 Å². The Balaban J connectivity index is 1.91. The molecule has 1 N–H and O–H groups in total. The molecule has 0 heterocycles. The summed E-state index contributed by atoms with van der Waals surface area (Å²) in [5, 5.41) is 3.11. The van der Waals surface area contributed by atoms with Crippen LogP contribution in [0.3, 0.4) is 0 Å². The second-order valence-corrected chi connectivity index (χ2v) is 9.44. The van der Waals surface area contributed by atoms with Crippen LogP contribution in [0.15, 0.2) is 29.2 Å². The lowest BCUT2D eigenvalue weighted by atomic mass is 9.94. The molecule has 1 saturated carbocycles. The Morgan fingerprint density at radius 2 is 1.79 bits per heavy atom. The van der Waals surface area contributed by atoms with Gasteiger partial charge >= 0.3 is 0 Å². The van der Waals surface area contributed by atoms with Gasteiger partial charge in [0.1, 0.15) is 0 Å². The molecule has 0 spiro atoms. The summed E-state index contributed by atoms with van der Waals surface area (Å²) in [5.74, 6) is 1.11. The van der Waals surface area contributed by atoms with Gasteiger partial charge in [-0.2, -0.15) is 0 Å². The van der Waals surface area contributed by atoms with Crippen molar-refractivity contribution in [3.63, 3.8) is 0 Å². The molecule has 1 aromatic rings. The third-order valence-corrected chi connectivity index (χ3v) is 6.61. The first kappa shape index (κ1) is 22.8. The van der Waals surface area contributed by atoms with Crippen molar-refractivity contribution < 1.29 is 9.59 Å². The first-order valence-electron chi connectivity index (χ1n) is 10.7. The number of amides is 2. The van der Waals surface area contributed by atoms with Crippen LogP contribution in [0.25, 0.3) is 0 Å². The van der Waals surface area contributed by atoms with Gasteiger partial charge < -0.3 is 10.2 Å². The smallest absolute Gasteiger partial charge is 0.252 e. The van der Waals surface area contributed by atoms with Crippen LogP contribution in [0, 0.1) is 5.92 Å². The molecule has 1 fully saturated rings. The zero-order chi connectivity index (χ0) is 20.5. The second kappa shape index (κ2) is 11.5. The Bertz CT molecular complexity index is 641. The molecule has 28 heavy (non-hydrogen) atoms. The molecular weight excluding hydrogens is 368 g/mol. The molecule has 0 aromatic heterocycles. The highest BCUT2D eigenvalue weighted by Gasteiger charge is 2.22. The topological polar surface area (TPSA) is 49.4 Å². The van der Waals surface area contributed by atoms with Gasteiger partial charge in [0.15, 0.2) is 0 Å². The maximum absolute atomic E-state index is 12.7. The molecule has 0 saturated heterocycles. The Labute approximate surface area is 174 Å². The van der Waals surface area contributed by atoms with Crippen molar-refractivity contribution in [1.82, 2.24) is 10.2 Å². The number of hydrogen-bond acceptors (Lipinski definition) is 3. The number of carbonyl (C=O) groups excluding carboxylic acids is 2. The van der Waals surface area contributed by atoms with Gasteiger partial charge in [-0.05, 0) is 50.7 Å². The van der Waals surface area contributed by atoms with E-state index in [2.05, 4.69) is 26.1 Å². The lowest BCUT2D eigenvalue weighted by Gasteiger charge is -2.31. The van der Waals surface area contributed by atoms with Gasteiger partial charge in [0.2, 0.25) is 5.91 Å². The van der Waals surface area contributed by atoms with Gasteiger partial charge in [-0.1, -0.05) is 45.2 Å². The molecule has 0 bridgehead atoms. The van der Waals surface area contributed by atoms with Crippen molar-refractivity contribution in [3.05, 3.63) is 29.8 Å². The van der Waals surface area contributed by atoms with Crippen molar-refractivity contribution in [2.45, 2.75) is 82.7 Å². The SMILES string of the molecule is CC(C)CCC(C)NC(=O)c1ccccc1SCC(=O)N(C)C1CCCCC1. The minimum absolute atomic E-state index is 0.0487. The predicted molar refractivity (Wildman–Crippen MR) is 118 cm³/mol. The average molecular weight is 405 g/mol. The van der Waals surface area contributed by atoms with Crippen molar-refractivity contribution in [2.24, 2.45) is 5.92 Å². The molecule has 5 heteroatoms. The third-order valence-electron chi connectivity index (χ3n) is 5.55. The summed E-state index contributed by atoms with van der Waals surface area (Å²) in [7, 11) is 1.92. The number of nitrogens with one attached hydrogen (secondary N) is 1. The van der Waals surface area contributed by atoms with E-state index in [1.54, 1.807) is 0 Å². The zero-order valence-electron chi connectivity index (χ0n) is 17.9. The maximum Gasteiger partial charge on any atom is 0.252 e. The Morgan fingerprint density at radius 1 is 1.11 bits per heavy atom. The number of nitrogens with zero attached hydrogens (tertiary/aromatic N) is 1. The highest BCUT2D eigenvalue weighted by atomic mass is 32.2. The molecule has 4 nitrogen and oxygen atoms in total. The van der Waals surface area contributed by atoms with E-state index in [1.807, 2.05) is 36.2 Å². The average Bonchev–Trinajstić information content (AvgIpc) is 2.70. The monoisotopic (exact) mass is 404 g/mol. The third kappa shape index (κ3) is 7.16. The largest absolute Gasteiger partial charge is 0.350 e. The molecule has 1 aromatic carbocycles. The van der Waals surface area contributed by atoms with Crippen molar-refractivity contribution in [1.29, 1.82) is 0 Å². The van der Waals surface area contributed by atoms with E-state index < -0.39 is 0 Å². The van der Waals surface area contributed by atoms with E-state index in [0.29, 0.717) is 23.3 Å². The fourth-order valence-electron chi connectivity index (χ4n) is 3.65. The van der Waals surface area contributed by atoms with Gasteiger partial charge in [0, 0.05) is 24.0 Å². The minimum atomic E-state index is -0.0487. The van der Waals surface area contributed by atoms with E-state index in [-0.39, 0.29) is 17.9 Å². The molecule has 1 unspecified atom stereocenters. The normalized spacial score (nSPS) is 16.0. The summed E-state index contributed by atoms with van der Waals surface area (Å²) in [5.41, 5.74) is 0.664. The summed E-state index contributed by atoms with van der Waals surface area (Å²) >= 11 is 1.47. The number of benzene rings is 1.